The Morgan fingerprint density at radius 3 is 2.22 bits per heavy atom. The first-order valence-corrected chi connectivity index (χ1v) is 12.8. The average Bonchev–Trinajstić information content (AvgIpc) is 3.13. The molecule has 0 saturated heterocycles. The largest absolute Gasteiger partial charge is 0.449 e. The highest BCUT2D eigenvalue weighted by molar-refractivity contribution is 9.10. The summed E-state index contributed by atoms with van der Waals surface area (Å²) in [5, 5.41) is 0.989. The summed E-state index contributed by atoms with van der Waals surface area (Å²) in [6, 6.07) is 24.4. The molecule has 0 aromatic heterocycles. The van der Waals surface area contributed by atoms with Crippen LogP contribution < -0.4 is 10.3 Å². The lowest BCUT2D eigenvalue weighted by Crippen LogP contribution is -2.63. The van der Waals surface area contributed by atoms with Crippen molar-refractivity contribution in [2.75, 3.05) is 18.1 Å². The van der Waals surface area contributed by atoms with Gasteiger partial charge in [-0.2, -0.15) is 5.01 Å². The minimum Gasteiger partial charge on any atom is -0.449 e. The molecule has 37 heavy (non-hydrogen) atoms. The Kier molecular flexibility index (Phi) is 8.13. The lowest BCUT2D eigenvalue weighted by Gasteiger charge is -2.38. The zero-order valence-corrected chi connectivity index (χ0v) is 22.2. The maximum atomic E-state index is 14.5. The fourth-order valence-corrected chi connectivity index (χ4v) is 4.80. The Labute approximate surface area is 224 Å². The Bertz CT molecular complexity index is 1270. The van der Waals surface area contributed by atoms with Gasteiger partial charge in [-0.05, 0) is 43.2 Å². The molecular weight excluding hydrogens is 538 g/mol. The second-order valence-corrected chi connectivity index (χ2v) is 9.34. The second kappa shape index (κ2) is 11.5. The molecule has 1 N–H and O–H groups in total. The molecule has 4 rings (SSSR count). The molecule has 192 valence electrons. The molecule has 3 aromatic rings. The number of carbonyl (C=O) groups is 3. The predicted octanol–water partition coefficient (Wildman–Crippen LogP) is 5.55. The fraction of sp³-hybridized carbons (Fsp3) is 0.250. The highest BCUT2D eigenvalue weighted by Crippen LogP contribution is 2.46. The van der Waals surface area contributed by atoms with Gasteiger partial charge in [0.25, 0.3) is 5.91 Å². The van der Waals surface area contributed by atoms with Crippen molar-refractivity contribution in [1.82, 2.24) is 10.4 Å². The number of hydrogen-bond acceptors (Lipinski definition) is 5. The molecule has 0 fully saturated rings. The van der Waals surface area contributed by atoms with Gasteiger partial charge in [0.15, 0.2) is 5.54 Å². The highest BCUT2D eigenvalue weighted by atomic mass is 79.9. The number of rotatable bonds is 7. The lowest BCUT2D eigenvalue weighted by atomic mass is 9.84. The first-order valence-electron chi connectivity index (χ1n) is 12.0. The zero-order valence-electron chi connectivity index (χ0n) is 20.6. The third-order valence-corrected chi connectivity index (χ3v) is 6.64. The summed E-state index contributed by atoms with van der Waals surface area (Å²) in [4.78, 5) is 42.2. The number of carbonyl (C=O) groups excluding carboxylic acids is 3. The zero-order chi connectivity index (χ0) is 26.4. The van der Waals surface area contributed by atoms with E-state index in [1.54, 1.807) is 24.8 Å². The van der Waals surface area contributed by atoms with Gasteiger partial charge in [-0.1, -0.05) is 76.6 Å². The monoisotopic (exact) mass is 565 g/mol. The van der Waals surface area contributed by atoms with Gasteiger partial charge in [0.2, 0.25) is 0 Å². The summed E-state index contributed by atoms with van der Waals surface area (Å²) in [6.45, 7) is 3.75. The number of nitrogens with one attached hydrogen (secondary N) is 1. The van der Waals surface area contributed by atoms with E-state index in [4.69, 9.17) is 9.47 Å². The van der Waals surface area contributed by atoms with Crippen LogP contribution in [0, 0.1) is 0 Å². The standard InChI is InChI=1S/C28H28BrN3O5/c1-3-36-26(34)30-32(27(35)37-4-2)28(18-20-14-16-22(29)17-15-20)23-12-8-9-13-24(23)31(25(28)33)19-21-10-6-5-7-11-21/h5-17H,3-4,18-19H2,1-2H3,(H,30,34)/t28-/m0/s1. The molecule has 0 aliphatic carbocycles. The van der Waals surface area contributed by atoms with Crippen molar-refractivity contribution < 1.29 is 23.9 Å². The molecule has 1 atom stereocenters. The summed E-state index contributed by atoms with van der Waals surface area (Å²) in [6.07, 6.45) is -1.64. The molecule has 0 unspecified atom stereocenters. The maximum absolute atomic E-state index is 14.5. The molecule has 0 saturated carbocycles. The number of para-hydroxylation sites is 1. The number of benzene rings is 3. The van der Waals surface area contributed by atoms with Gasteiger partial charge >= 0.3 is 12.2 Å². The molecule has 1 aliphatic rings. The number of anilines is 1. The van der Waals surface area contributed by atoms with Gasteiger partial charge < -0.3 is 14.4 Å². The minimum absolute atomic E-state index is 0.0533. The highest BCUT2D eigenvalue weighted by Gasteiger charge is 2.58. The summed E-state index contributed by atoms with van der Waals surface area (Å²) in [5.74, 6) is -0.370. The predicted molar refractivity (Wildman–Crippen MR) is 143 cm³/mol. The van der Waals surface area contributed by atoms with Crippen LogP contribution in [0.3, 0.4) is 0 Å². The number of hydrogen-bond donors (Lipinski definition) is 1. The number of ether oxygens (including phenoxy) is 2. The van der Waals surface area contributed by atoms with E-state index in [2.05, 4.69) is 21.4 Å². The van der Waals surface area contributed by atoms with E-state index in [9.17, 15) is 14.4 Å². The van der Waals surface area contributed by atoms with Gasteiger partial charge in [0.05, 0.1) is 25.4 Å². The molecule has 1 heterocycles. The van der Waals surface area contributed by atoms with Crippen LogP contribution in [-0.4, -0.2) is 36.3 Å². The molecule has 0 spiro atoms. The van der Waals surface area contributed by atoms with Crippen LogP contribution in [0.1, 0.15) is 30.5 Å². The lowest BCUT2D eigenvalue weighted by molar-refractivity contribution is -0.131. The summed E-state index contributed by atoms with van der Waals surface area (Å²) >= 11 is 3.45. The summed E-state index contributed by atoms with van der Waals surface area (Å²) in [5.41, 5.74) is 3.81. The normalized spacial score (nSPS) is 16.2. The van der Waals surface area contributed by atoms with Crippen LogP contribution in [0.15, 0.2) is 83.3 Å². The number of hydrazine groups is 1. The van der Waals surface area contributed by atoms with Gasteiger partial charge in [0, 0.05) is 16.5 Å². The number of halogens is 1. The molecule has 0 radical (unpaired) electrons. The van der Waals surface area contributed by atoms with Crippen molar-refractivity contribution in [3.63, 3.8) is 0 Å². The number of amides is 3. The van der Waals surface area contributed by atoms with Crippen LogP contribution in [0.25, 0.3) is 0 Å². The minimum atomic E-state index is -1.63. The third kappa shape index (κ3) is 5.32. The van der Waals surface area contributed by atoms with E-state index in [1.807, 2.05) is 72.8 Å². The van der Waals surface area contributed by atoms with Crippen molar-refractivity contribution >= 4 is 39.7 Å². The molecule has 3 amide bonds. The average molecular weight is 566 g/mol. The van der Waals surface area contributed by atoms with E-state index in [1.165, 1.54) is 0 Å². The maximum Gasteiger partial charge on any atom is 0.430 e. The van der Waals surface area contributed by atoms with E-state index in [0.717, 1.165) is 20.6 Å². The molecule has 1 aliphatic heterocycles. The van der Waals surface area contributed by atoms with Gasteiger partial charge in [0.1, 0.15) is 0 Å². The van der Waals surface area contributed by atoms with Gasteiger partial charge in [-0.25, -0.2) is 15.0 Å². The molecule has 0 bridgehead atoms. The quantitative estimate of drug-likeness (QED) is 0.379. The third-order valence-electron chi connectivity index (χ3n) is 6.11. The first kappa shape index (κ1) is 26.2. The fourth-order valence-electron chi connectivity index (χ4n) is 4.53. The van der Waals surface area contributed by atoms with E-state index in [-0.39, 0.29) is 32.1 Å². The summed E-state index contributed by atoms with van der Waals surface area (Å²) in [7, 11) is 0. The van der Waals surface area contributed by atoms with Crippen LogP contribution in [-0.2, 0) is 32.8 Å². The number of nitrogens with zero attached hydrogens (tertiary/aromatic N) is 2. The van der Waals surface area contributed by atoms with E-state index in [0.29, 0.717) is 11.3 Å². The Morgan fingerprint density at radius 1 is 0.892 bits per heavy atom. The topological polar surface area (TPSA) is 88.2 Å². The van der Waals surface area contributed by atoms with Crippen LogP contribution in [0.4, 0.5) is 15.3 Å². The van der Waals surface area contributed by atoms with E-state index < -0.39 is 17.7 Å². The van der Waals surface area contributed by atoms with Gasteiger partial charge in [-0.3, -0.25) is 4.79 Å². The van der Waals surface area contributed by atoms with Crippen LogP contribution in [0.5, 0.6) is 0 Å². The molecule has 9 heteroatoms. The number of fused-ring (bicyclic) bond motifs is 1. The Hall–Kier alpha value is -3.85. The van der Waals surface area contributed by atoms with E-state index >= 15 is 0 Å². The second-order valence-electron chi connectivity index (χ2n) is 8.42. The Balaban J connectivity index is 1.90. The Morgan fingerprint density at radius 2 is 1.54 bits per heavy atom. The van der Waals surface area contributed by atoms with Crippen molar-refractivity contribution in [2.45, 2.75) is 32.4 Å². The van der Waals surface area contributed by atoms with Crippen molar-refractivity contribution in [1.29, 1.82) is 0 Å². The molecular formula is C28H28BrN3O5. The van der Waals surface area contributed by atoms with Crippen molar-refractivity contribution in [3.8, 4) is 0 Å². The first-order chi connectivity index (χ1) is 17.9. The molecule has 8 nitrogen and oxygen atoms in total. The van der Waals surface area contributed by atoms with Crippen LogP contribution in [0.2, 0.25) is 0 Å². The van der Waals surface area contributed by atoms with Gasteiger partial charge in [-0.15, -0.1) is 0 Å². The van der Waals surface area contributed by atoms with Crippen LogP contribution >= 0.6 is 15.9 Å². The molecule has 3 aromatic carbocycles. The van der Waals surface area contributed by atoms with Crippen molar-refractivity contribution in [3.05, 3.63) is 100 Å². The summed E-state index contributed by atoms with van der Waals surface area (Å²) < 4.78 is 11.3. The SMILES string of the molecule is CCOC(=O)NN(C(=O)OCC)[C@]1(Cc2ccc(Br)cc2)C(=O)N(Cc2ccccc2)c2ccccc21. The van der Waals surface area contributed by atoms with Crippen molar-refractivity contribution in [2.24, 2.45) is 0 Å². The smallest absolute Gasteiger partial charge is 0.430 e.